The molecule has 142 valence electrons. The molecule has 0 atom stereocenters. The Morgan fingerprint density at radius 1 is 1.18 bits per heavy atom. The maximum Gasteiger partial charge on any atom is 0.256 e. The summed E-state index contributed by atoms with van der Waals surface area (Å²) < 4.78 is 19.5. The predicted octanol–water partition coefficient (Wildman–Crippen LogP) is 4.68. The highest BCUT2D eigenvalue weighted by Crippen LogP contribution is 2.34. The van der Waals surface area contributed by atoms with Crippen LogP contribution in [0.4, 0.5) is 10.1 Å². The predicted molar refractivity (Wildman–Crippen MR) is 104 cm³/mol. The van der Waals surface area contributed by atoms with E-state index in [2.05, 4.69) is 10.3 Å². The van der Waals surface area contributed by atoms with Crippen LogP contribution in [-0.4, -0.2) is 22.3 Å². The molecule has 1 aliphatic heterocycles. The molecule has 5 nitrogen and oxygen atoms in total. The number of anilines is 1. The molecule has 1 aliphatic rings. The van der Waals surface area contributed by atoms with Crippen LogP contribution in [0.1, 0.15) is 46.7 Å². The zero-order valence-electron chi connectivity index (χ0n) is 15.8. The van der Waals surface area contributed by atoms with Gasteiger partial charge in [-0.1, -0.05) is 0 Å². The van der Waals surface area contributed by atoms with Crippen molar-refractivity contribution in [3.8, 4) is 5.75 Å². The van der Waals surface area contributed by atoms with Crippen molar-refractivity contribution >= 4 is 28.3 Å². The third kappa shape index (κ3) is 3.33. The van der Waals surface area contributed by atoms with Crippen LogP contribution in [0.15, 0.2) is 42.5 Å². The van der Waals surface area contributed by atoms with Crippen LogP contribution in [0.3, 0.4) is 0 Å². The van der Waals surface area contributed by atoms with Gasteiger partial charge >= 0.3 is 0 Å². The Balaban J connectivity index is 1.69. The zero-order chi connectivity index (χ0) is 20.1. The van der Waals surface area contributed by atoms with E-state index in [0.29, 0.717) is 39.2 Å². The van der Waals surface area contributed by atoms with Crippen LogP contribution >= 0.6 is 0 Å². The van der Waals surface area contributed by atoms with E-state index in [4.69, 9.17) is 4.74 Å². The number of hydrogen-bond acceptors (Lipinski definition) is 4. The summed E-state index contributed by atoms with van der Waals surface area (Å²) in [5.41, 5.74) is 1.89. The van der Waals surface area contributed by atoms with E-state index in [1.54, 1.807) is 37.3 Å². The highest BCUT2D eigenvalue weighted by atomic mass is 19.1. The molecule has 0 aliphatic carbocycles. The van der Waals surface area contributed by atoms with E-state index in [0.717, 1.165) is 0 Å². The lowest BCUT2D eigenvalue weighted by Gasteiger charge is -2.31. The van der Waals surface area contributed by atoms with Crippen molar-refractivity contribution in [3.63, 3.8) is 0 Å². The molecule has 1 N–H and O–H groups in total. The smallest absolute Gasteiger partial charge is 0.256 e. The molecule has 3 aromatic rings. The van der Waals surface area contributed by atoms with Gasteiger partial charge in [-0.25, -0.2) is 4.39 Å². The Bertz CT molecular complexity index is 1140. The fourth-order valence-corrected chi connectivity index (χ4v) is 3.45. The van der Waals surface area contributed by atoms with Gasteiger partial charge in [-0.05, 0) is 63.2 Å². The number of carbonyl (C=O) groups is 2. The van der Waals surface area contributed by atoms with Gasteiger partial charge < -0.3 is 10.1 Å². The number of halogens is 1. The van der Waals surface area contributed by atoms with Crippen molar-refractivity contribution < 1.29 is 18.7 Å². The third-order valence-electron chi connectivity index (χ3n) is 4.65. The number of Topliss-reactive ketones (excluding diaryl/α,β-unsaturated/α-hetero) is 1. The number of fused-ring (bicyclic) bond motifs is 2. The van der Waals surface area contributed by atoms with Crippen LogP contribution in [0.2, 0.25) is 0 Å². The summed E-state index contributed by atoms with van der Waals surface area (Å²) in [6.45, 7) is 5.50. The molecule has 0 radical (unpaired) electrons. The fourth-order valence-electron chi connectivity index (χ4n) is 3.45. The van der Waals surface area contributed by atoms with Crippen molar-refractivity contribution in [3.05, 3.63) is 65.1 Å². The maximum absolute atomic E-state index is 13.7. The quantitative estimate of drug-likeness (QED) is 0.703. The van der Waals surface area contributed by atoms with Gasteiger partial charge in [0.1, 0.15) is 17.2 Å². The maximum atomic E-state index is 13.7. The first kappa shape index (κ1) is 18.1. The Morgan fingerprint density at radius 3 is 2.75 bits per heavy atom. The molecular weight excluding hydrogens is 359 g/mol. The van der Waals surface area contributed by atoms with E-state index >= 15 is 0 Å². The molecule has 4 rings (SSSR count). The summed E-state index contributed by atoms with van der Waals surface area (Å²) in [7, 11) is 0. The van der Waals surface area contributed by atoms with Crippen LogP contribution in [0.5, 0.6) is 5.75 Å². The minimum atomic E-state index is -0.549. The first-order valence-corrected chi connectivity index (χ1v) is 8.96. The number of rotatable bonds is 2. The summed E-state index contributed by atoms with van der Waals surface area (Å²) in [4.78, 5) is 29.6. The van der Waals surface area contributed by atoms with Gasteiger partial charge in [0, 0.05) is 16.8 Å². The molecule has 2 aromatic carbocycles. The van der Waals surface area contributed by atoms with Crippen molar-refractivity contribution in [2.24, 2.45) is 0 Å². The minimum absolute atomic E-state index is 0.0328. The number of benzene rings is 2. The van der Waals surface area contributed by atoms with Crippen LogP contribution in [0.25, 0.3) is 10.9 Å². The lowest BCUT2D eigenvalue weighted by Crippen LogP contribution is -2.35. The van der Waals surface area contributed by atoms with Crippen molar-refractivity contribution in [2.75, 3.05) is 5.32 Å². The lowest BCUT2D eigenvalue weighted by atomic mass is 9.93. The van der Waals surface area contributed by atoms with E-state index in [1.807, 2.05) is 13.8 Å². The second-order valence-corrected chi connectivity index (χ2v) is 7.60. The number of aryl methyl sites for hydroxylation is 1. The Hall–Kier alpha value is -3.28. The van der Waals surface area contributed by atoms with Crippen LogP contribution in [-0.2, 0) is 0 Å². The first-order chi connectivity index (χ1) is 13.2. The largest absolute Gasteiger partial charge is 0.487 e. The van der Waals surface area contributed by atoms with E-state index in [-0.39, 0.29) is 12.2 Å². The molecule has 0 spiro atoms. The van der Waals surface area contributed by atoms with Gasteiger partial charge in [0.15, 0.2) is 5.78 Å². The van der Waals surface area contributed by atoms with E-state index < -0.39 is 17.3 Å². The van der Waals surface area contributed by atoms with Gasteiger partial charge in [-0.15, -0.1) is 0 Å². The second-order valence-electron chi connectivity index (χ2n) is 7.60. The molecule has 0 fully saturated rings. The number of nitrogens with one attached hydrogen (secondary N) is 1. The summed E-state index contributed by atoms with van der Waals surface area (Å²) in [6.07, 6.45) is 0.269. The molecule has 1 amide bonds. The van der Waals surface area contributed by atoms with Crippen molar-refractivity contribution in [1.29, 1.82) is 0 Å². The Kier molecular flexibility index (Phi) is 4.14. The molecular formula is C22H19FN2O3. The highest BCUT2D eigenvalue weighted by Gasteiger charge is 2.32. The molecule has 6 heteroatoms. The second kappa shape index (κ2) is 6.41. The normalized spacial score (nSPS) is 15.1. The summed E-state index contributed by atoms with van der Waals surface area (Å²) in [5, 5.41) is 3.22. The Morgan fingerprint density at radius 2 is 1.96 bits per heavy atom. The van der Waals surface area contributed by atoms with Crippen molar-refractivity contribution in [1.82, 2.24) is 4.98 Å². The summed E-state index contributed by atoms with van der Waals surface area (Å²) in [5.74, 6) is -0.363. The van der Waals surface area contributed by atoms with Gasteiger partial charge in [-0.3, -0.25) is 14.6 Å². The molecule has 1 aromatic heterocycles. The minimum Gasteiger partial charge on any atom is -0.487 e. The average molecular weight is 378 g/mol. The highest BCUT2D eigenvalue weighted by molar-refractivity contribution is 6.13. The SMILES string of the molecule is Cc1cc(C(=O)Nc2ccc3c(c2)C(=O)CC(C)(C)O3)c2cc(F)ccc2n1. The van der Waals surface area contributed by atoms with Crippen LogP contribution in [0, 0.1) is 12.7 Å². The van der Waals surface area contributed by atoms with Gasteiger partial charge in [0.05, 0.1) is 23.1 Å². The number of ketones is 1. The molecule has 2 heterocycles. The number of nitrogens with zero attached hydrogens (tertiary/aromatic N) is 1. The molecule has 0 saturated carbocycles. The standard InChI is InChI=1S/C22H19FN2O3/c1-12-8-16(15-9-13(23)4-6-18(15)24-12)21(27)25-14-5-7-20-17(10-14)19(26)11-22(2,3)28-20/h4-10H,11H2,1-3H3,(H,25,27). The monoisotopic (exact) mass is 378 g/mol. The topological polar surface area (TPSA) is 68.3 Å². The van der Waals surface area contributed by atoms with E-state index in [9.17, 15) is 14.0 Å². The number of hydrogen-bond donors (Lipinski definition) is 1. The van der Waals surface area contributed by atoms with Gasteiger partial charge in [0.25, 0.3) is 5.91 Å². The number of amides is 1. The lowest BCUT2D eigenvalue weighted by molar-refractivity contribution is 0.0620. The summed E-state index contributed by atoms with van der Waals surface area (Å²) in [6, 6.07) is 10.7. The zero-order valence-corrected chi connectivity index (χ0v) is 15.8. The van der Waals surface area contributed by atoms with Gasteiger partial charge in [0.2, 0.25) is 0 Å². The third-order valence-corrected chi connectivity index (χ3v) is 4.65. The van der Waals surface area contributed by atoms with Gasteiger partial charge in [-0.2, -0.15) is 0 Å². The number of ether oxygens (including phenoxy) is 1. The molecule has 0 saturated heterocycles. The Labute approximate surface area is 161 Å². The molecule has 0 unspecified atom stereocenters. The summed E-state index contributed by atoms with van der Waals surface area (Å²) >= 11 is 0. The van der Waals surface area contributed by atoms with E-state index in [1.165, 1.54) is 12.1 Å². The van der Waals surface area contributed by atoms with Crippen LogP contribution < -0.4 is 10.1 Å². The first-order valence-electron chi connectivity index (χ1n) is 8.96. The fraction of sp³-hybridized carbons (Fsp3) is 0.227. The van der Waals surface area contributed by atoms with Crippen molar-refractivity contribution in [2.45, 2.75) is 32.8 Å². The number of pyridine rings is 1. The molecule has 28 heavy (non-hydrogen) atoms. The number of aromatic nitrogens is 1. The molecule has 0 bridgehead atoms. The average Bonchev–Trinajstić information content (AvgIpc) is 2.61. The number of carbonyl (C=O) groups excluding carboxylic acids is 2.